The van der Waals surface area contributed by atoms with Gasteiger partial charge in [0.2, 0.25) is 0 Å². The van der Waals surface area contributed by atoms with E-state index in [1.54, 1.807) is 0 Å². The molecule has 0 amide bonds. The molecule has 0 aliphatic heterocycles. The van der Waals surface area contributed by atoms with Crippen LogP contribution in [0.3, 0.4) is 0 Å². The first-order valence-corrected chi connectivity index (χ1v) is 15.2. The molecule has 0 aliphatic rings. The predicted octanol–water partition coefficient (Wildman–Crippen LogP) is 6.48. The number of aliphatic carboxylic acids is 3. The number of carbonyl (C=O) groups is 3. The third-order valence-corrected chi connectivity index (χ3v) is 7.43. The van der Waals surface area contributed by atoms with E-state index in [0.29, 0.717) is 0 Å². The number of carboxylic acid groups (broad SMARTS) is 3. The van der Waals surface area contributed by atoms with Gasteiger partial charge in [-0.2, -0.15) is 0 Å². The molecule has 0 saturated heterocycles. The summed E-state index contributed by atoms with van der Waals surface area (Å²) >= 11 is 6.90. The molecule has 3 aromatic carbocycles. The number of halogens is 1. The summed E-state index contributed by atoms with van der Waals surface area (Å²) in [4.78, 5) is 33.0. The van der Waals surface area contributed by atoms with Crippen LogP contribution < -0.4 is 4.74 Å². The molecular formula is C35H42ClNO8. The number of unbranched alkanes of at least 4 members (excludes halogenated alkanes) is 2. The monoisotopic (exact) mass is 639 g/mol. The van der Waals surface area contributed by atoms with E-state index in [1.165, 1.54) is 19.4 Å². The van der Waals surface area contributed by atoms with E-state index in [-0.39, 0.29) is 0 Å². The maximum Gasteiger partial charge on any atom is 0.336 e. The molecule has 0 bridgehead atoms. The molecule has 0 aliphatic carbocycles. The molecular weight excluding hydrogens is 598 g/mol. The second kappa shape index (κ2) is 19.3. The molecule has 0 unspecified atom stereocenters. The van der Waals surface area contributed by atoms with Crippen molar-refractivity contribution in [2.24, 2.45) is 0 Å². The molecule has 0 fully saturated rings. The van der Waals surface area contributed by atoms with Crippen molar-refractivity contribution in [3.8, 4) is 5.75 Å². The van der Waals surface area contributed by atoms with Gasteiger partial charge in [-0.05, 0) is 67.7 Å². The number of benzene rings is 3. The standard InChI is InChI=1S/C29H34ClNO.C6H8O7/c1-3-31(4-2)22-12-7-13-23-32-27-20-18-25(19-21-27)28(24-14-8-5-9-15-24)29(30)26-16-10-6-11-17-26;7-3(8)1-6(13,5(11)12)2-4(9)10/h5-6,8-11,14-21H,3-4,7,12-13,22-23H2,1-2H3;13H,1-2H2,(H,7,8)(H,9,10)(H,11,12)/b29-28-;. The van der Waals surface area contributed by atoms with Gasteiger partial charge in [-0.25, -0.2) is 4.79 Å². The highest BCUT2D eigenvalue weighted by atomic mass is 35.5. The Morgan fingerprint density at radius 2 is 1.20 bits per heavy atom. The minimum absolute atomic E-state index is 0.749. The molecule has 0 saturated carbocycles. The van der Waals surface area contributed by atoms with E-state index >= 15 is 0 Å². The Labute approximate surface area is 269 Å². The van der Waals surface area contributed by atoms with Crippen molar-refractivity contribution >= 4 is 40.1 Å². The molecule has 4 N–H and O–H groups in total. The SMILES string of the molecule is CCN(CC)CCCCCOc1ccc(/C(=C(\Cl)c2ccccc2)c2ccccc2)cc1.O=C(O)CC(O)(CC(=O)O)C(=O)O. The van der Waals surface area contributed by atoms with Crippen LogP contribution in [0.25, 0.3) is 10.6 Å². The first-order chi connectivity index (χ1) is 21.5. The lowest BCUT2D eigenvalue weighted by molar-refractivity contribution is -0.170. The number of carboxylic acids is 3. The molecule has 45 heavy (non-hydrogen) atoms. The molecule has 9 nitrogen and oxygen atoms in total. The van der Waals surface area contributed by atoms with Gasteiger partial charge < -0.3 is 30.1 Å². The third kappa shape index (κ3) is 12.8. The first-order valence-electron chi connectivity index (χ1n) is 14.9. The van der Waals surface area contributed by atoms with Gasteiger partial charge in [0.1, 0.15) is 5.75 Å². The van der Waals surface area contributed by atoms with Gasteiger partial charge in [0.05, 0.1) is 24.5 Å². The summed E-state index contributed by atoms with van der Waals surface area (Å²) in [6.07, 6.45) is 1.22. The minimum atomic E-state index is -2.74. The van der Waals surface area contributed by atoms with Crippen molar-refractivity contribution in [3.05, 3.63) is 102 Å². The van der Waals surface area contributed by atoms with Crippen LogP contribution in [0.15, 0.2) is 84.9 Å². The summed E-state index contributed by atoms with van der Waals surface area (Å²) in [5.74, 6) is -4.12. The number of nitrogens with zero attached hydrogens (tertiary/aromatic N) is 1. The van der Waals surface area contributed by atoms with Crippen LogP contribution in [0.1, 0.15) is 62.6 Å². The van der Waals surface area contributed by atoms with Crippen molar-refractivity contribution in [2.75, 3.05) is 26.2 Å². The molecule has 242 valence electrons. The van der Waals surface area contributed by atoms with Gasteiger partial charge in [-0.15, -0.1) is 0 Å². The number of aliphatic hydroxyl groups is 1. The molecule has 0 heterocycles. The van der Waals surface area contributed by atoms with E-state index in [9.17, 15) is 14.4 Å². The lowest BCUT2D eigenvalue weighted by atomic mass is 9.95. The highest BCUT2D eigenvalue weighted by Crippen LogP contribution is 2.35. The fraction of sp³-hybridized carbons (Fsp3) is 0.343. The van der Waals surface area contributed by atoms with Gasteiger partial charge in [0.15, 0.2) is 5.60 Å². The first kappa shape index (κ1) is 37.0. The van der Waals surface area contributed by atoms with E-state index in [1.807, 2.05) is 60.7 Å². The Morgan fingerprint density at radius 3 is 1.67 bits per heavy atom. The van der Waals surface area contributed by atoms with Crippen LogP contribution in [0.2, 0.25) is 0 Å². The summed E-state index contributed by atoms with van der Waals surface area (Å²) in [7, 11) is 0. The maximum atomic E-state index is 10.3. The number of ether oxygens (including phenoxy) is 1. The zero-order valence-corrected chi connectivity index (χ0v) is 26.4. The molecule has 10 heteroatoms. The summed E-state index contributed by atoms with van der Waals surface area (Å²) in [6, 6.07) is 28.7. The predicted molar refractivity (Wildman–Crippen MR) is 175 cm³/mol. The lowest BCUT2D eigenvalue weighted by Crippen LogP contribution is -2.42. The maximum absolute atomic E-state index is 10.3. The van der Waals surface area contributed by atoms with Gasteiger partial charge >= 0.3 is 17.9 Å². The number of rotatable bonds is 17. The van der Waals surface area contributed by atoms with Gasteiger partial charge in [-0.3, -0.25) is 9.59 Å². The Hall–Kier alpha value is -4.18. The Kier molecular flexibility index (Phi) is 15.8. The molecule has 3 aromatic rings. The van der Waals surface area contributed by atoms with Crippen molar-refractivity contribution in [2.45, 2.75) is 51.6 Å². The Balaban J connectivity index is 0.000000459. The molecule has 0 spiro atoms. The van der Waals surface area contributed by atoms with Crippen LogP contribution in [-0.2, 0) is 14.4 Å². The fourth-order valence-electron chi connectivity index (χ4n) is 4.53. The highest BCUT2D eigenvalue weighted by molar-refractivity contribution is 6.53. The van der Waals surface area contributed by atoms with Crippen molar-refractivity contribution in [1.29, 1.82) is 0 Å². The molecule has 0 aromatic heterocycles. The quantitative estimate of drug-likeness (QED) is 0.0962. The third-order valence-electron chi connectivity index (χ3n) is 7.02. The normalized spacial score (nSPS) is 11.7. The Bertz CT molecular complexity index is 1360. The van der Waals surface area contributed by atoms with Crippen LogP contribution in [-0.4, -0.2) is 75.1 Å². The van der Waals surface area contributed by atoms with E-state index in [0.717, 1.165) is 59.2 Å². The summed E-state index contributed by atoms with van der Waals surface area (Å²) in [5, 5.41) is 34.6. The number of hydrogen-bond donors (Lipinski definition) is 4. The average molecular weight is 640 g/mol. The number of hydrogen-bond acceptors (Lipinski definition) is 6. The van der Waals surface area contributed by atoms with Crippen molar-refractivity contribution < 1.29 is 39.5 Å². The van der Waals surface area contributed by atoms with Gasteiger partial charge in [0, 0.05) is 5.57 Å². The van der Waals surface area contributed by atoms with E-state index in [4.69, 9.17) is 36.8 Å². The van der Waals surface area contributed by atoms with Crippen LogP contribution in [0, 0.1) is 0 Å². The average Bonchev–Trinajstić information content (AvgIpc) is 3.02. The zero-order valence-electron chi connectivity index (χ0n) is 25.7. The molecule has 3 rings (SSSR count). The second-order valence-corrected chi connectivity index (χ2v) is 10.7. The van der Waals surface area contributed by atoms with Gasteiger partial charge in [0.25, 0.3) is 0 Å². The van der Waals surface area contributed by atoms with Gasteiger partial charge in [-0.1, -0.05) is 98.2 Å². The van der Waals surface area contributed by atoms with Crippen LogP contribution >= 0.6 is 11.6 Å². The lowest BCUT2D eigenvalue weighted by Gasteiger charge is -2.18. The summed E-state index contributed by atoms with van der Waals surface area (Å²) in [6.45, 7) is 8.64. The largest absolute Gasteiger partial charge is 0.494 e. The summed E-state index contributed by atoms with van der Waals surface area (Å²) < 4.78 is 5.99. The van der Waals surface area contributed by atoms with Crippen LogP contribution in [0.5, 0.6) is 5.75 Å². The molecule has 0 atom stereocenters. The summed E-state index contributed by atoms with van der Waals surface area (Å²) in [5.41, 5.74) is 1.48. The topological polar surface area (TPSA) is 145 Å². The van der Waals surface area contributed by atoms with Crippen LogP contribution in [0.4, 0.5) is 0 Å². The fourth-order valence-corrected chi connectivity index (χ4v) is 4.87. The zero-order chi connectivity index (χ0) is 33.2. The smallest absolute Gasteiger partial charge is 0.336 e. The van der Waals surface area contributed by atoms with Crippen molar-refractivity contribution in [3.63, 3.8) is 0 Å². The van der Waals surface area contributed by atoms with E-state index < -0.39 is 36.4 Å². The Morgan fingerprint density at radius 1 is 0.711 bits per heavy atom. The second-order valence-electron chi connectivity index (χ2n) is 10.4. The highest BCUT2D eigenvalue weighted by Gasteiger charge is 2.40. The van der Waals surface area contributed by atoms with Crippen molar-refractivity contribution in [1.82, 2.24) is 4.90 Å². The molecule has 0 radical (unpaired) electrons. The minimum Gasteiger partial charge on any atom is -0.494 e. The van der Waals surface area contributed by atoms with E-state index in [2.05, 4.69) is 43.0 Å².